The van der Waals surface area contributed by atoms with E-state index in [4.69, 9.17) is 4.74 Å². The van der Waals surface area contributed by atoms with Gasteiger partial charge in [-0.15, -0.1) is 0 Å². The Labute approximate surface area is 221 Å². The van der Waals surface area contributed by atoms with E-state index in [2.05, 4.69) is 60.4 Å². The molecule has 0 amide bonds. The monoisotopic (exact) mass is 497 g/mol. The summed E-state index contributed by atoms with van der Waals surface area (Å²) in [5, 5.41) is 11.3. The van der Waals surface area contributed by atoms with Crippen molar-refractivity contribution in [3.8, 4) is 0 Å². The molecule has 0 heterocycles. The summed E-state index contributed by atoms with van der Waals surface area (Å²) in [6.45, 7) is 8.10. The number of rotatable bonds is 11. The highest BCUT2D eigenvalue weighted by Crippen LogP contribution is 2.28. The van der Waals surface area contributed by atoms with E-state index in [9.17, 15) is 9.90 Å². The average molecular weight is 498 g/mol. The molecule has 0 saturated carbocycles. The highest BCUT2D eigenvalue weighted by atomic mass is 16.6. The Morgan fingerprint density at radius 2 is 1.46 bits per heavy atom. The van der Waals surface area contributed by atoms with Crippen molar-refractivity contribution >= 4 is 12.0 Å². The number of allylic oxidation sites excluding steroid dienone is 2. The minimum Gasteiger partial charge on any atom is -0.458 e. The minimum atomic E-state index is -1.34. The highest BCUT2D eigenvalue weighted by Gasteiger charge is 2.35. The second-order valence-corrected chi connectivity index (χ2v) is 10.2. The molecule has 3 rings (SSSR count). The van der Waals surface area contributed by atoms with E-state index in [1.54, 1.807) is 0 Å². The Hall–Kier alpha value is -3.47. The van der Waals surface area contributed by atoms with Crippen LogP contribution >= 0.6 is 0 Å². The van der Waals surface area contributed by atoms with E-state index < -0.39 is 23.7 Å². The maximum Gasteiger partial charge on any atom is 0.337 e. The quantitative estimate of drug-likeness (QED) is 0.229. The van der Waals surface area contributed by atoms with Gasteiger partial charge >= 0.3 is 5.97 Å². The fourth-order valence-corrected chi connectivity index (χ4v) is 4.18. The zero-order valence-corrected chi connectivity index (χ0v) is 22.3. The van der Waals surface area contributed by atoms with E-state index in [0.29, 0.717) is 13.0 Å². The van der Waals surface area contributed by atoms with Crippen LogP contribution in [-0.4, -0.2) is 33.7 Å². The second kappa shape index (κ2) is 13.7. The lowest BCUT2D eigenvalue weighted by Gasteiger charge is -2.37. The van der Waals surface area contributed by atoms with Gasteiger partial charge in [0.2, 0.25) is 0 Å². The van der Waals surface area contributed by atoms with Crippen LogP contribution < -0.4 is 0 Å². The summed E-state index contributed by atoms with van der Waals surface area (Å²) in [4.78, 5) is 15.2. The molecule has 0 spiro atoms. The van der Waals surface area contributed by atoms with E-state index in [0.717, 1.165) is 16.7 Å². The van der Waals surface area contributed by atoms with Crippen molar-refractivity contribution in [2.45, 2.75) is 64.4 Å². The van der Waals surface area contributed by atoms with Crippen molar-refractivity contribution in [2.24, 2.45) is 0 Å². The van der Waals surface area contributed by atoms with Crippen LogP contribution in [0.1, 0.15) is 56.8 Å². The second-order valence-electron chi connectivity index (χ2n) is 10.2. The summed E-state index contributed by atoms with van der Waals surface area (Å²) in [5.41, 5.74) is 2.64. The third-order valence-electron chi connectivity index (χ3n) is 6.06. The van der Waals surface area contributed by atoms with Crippen molar-refractivity contribution in [3.05, 3.63) is 126 Å². The Bertz CT molecular complexity index is 1130. The number of esters is 1. The molecule has 1 N–H and O–H groups in total. The normalized spacial score (nSPS) is 14.6. The molecule has 3 aromatic carbocycles. The number of aliphatic hydroxyl groups is 1. The van der Waals surface area contributed by atoms with Gasteiger partial charge in [-0.1, -0.05) is 115 Å². The number of nitrogens with zero attached hydrogens (tertiary/aromatic N) is 1. The molecular formula is C33H39NO3. The van der Waals surface area contributed by atoms with Crippen LogP contribution in [0.25, 0.3) is 6.08 Å². The van der Waals surface area contributed by atoms with Gasteiger partial charge in [0.15, 0.2) is 6.10 Å². The molecule has 37 heavy (non-hydrogen) atoms. The SMILES string of the molecule is CC(c1ccccc1)N(Cc1ccccc1)C(/C=C/C/C=C/c1ccccc1)[C@H](O)C(=O)OC(C)(C)C. The van der Waals surface area contributed by atoms with E-state index in [1.807, 2.05) is 87.5 Å². The van der Waals surface area contributed by atoms with Crippen molar-refractivity contribution in [3.63, 3.8) is 0 Å². The lowest BCUT2D eigenvalue weighted by molar-refractivity contribution is -0.168. The topological polar surface area (TPSA) is 49.8 Å². The first-order chi connectivity index (χ1) is 17.7. The number of carbonyl (C=O) groups is 1. The Kier molecular flexibility index (Phi) is 10.4. The molecular weight excluding hydrogens is 458 g/mol. The van der Waals surface area contributed by atoms with Crippen LogP contribution in [0.2, 0.25) is 0 Å². The van der Waals surface area contributed by atoms with Crippen molar-refractivity contribution in [1.29, 1.82) is 0 Å². The fraction of sp³-hybridized carbons (Fsp3) is 0.303. The summed E-state index contributed by atoms with van der Waals surface area (Å²) in [6, 6.07) is 29.8. The zero-order valence-electron chi connectivity index (χ0n) is 22.3. The molecule has 0 radical (unpaired) electrons. The van der Waals surface area contributed by atoms with Crippen LogP contribution in [0.3, 0.4) is 0 Å². The van der Waals surface area contributed by atoms with Gasteiger partial charge in [-0.2, -0.15) is 0 Å². The number of carbonyl (C=O) groups excluding carboxylic acids is 1. The maximum atomic E-state index is 13.0. The molecule has 0 aliphatic rings. The van der Waals surface area contributed by atoms with E-state index in [-0.39, 0.29) is 6.04 Å². The Balaban J connectivity index is 1.92. The van der Waals surface area contributed by atoms with Gasteiger partial charge in [0.05, 0.1) is 6.04 Å². The predicted octanol–water partition coefficient (Wildman–Crippen LogP) is 6.98. The van der Waals surface area contributed by atoms with Gasteiger partial charge in [-0.25, -0.2) is 4.79 Å². The van der Waals surface area contributed by atoms with Gasteiger partial charge < -0.3 is 9.84 Å². The lowest BCUT2D eigenvalue weighted by Crippen LogP contribution is -2.48. The summed E-state index contributed by atoms with van der Waals surface area (Å²) in [6.07, 6.45) is 7.41. The first-order valence-electron chi connectivity index (χ1n) is 12.9. The minimum absolute atomic E-state index is 0.0620. The van der Waals surface area contributed by atoms with E-state index in [1.165, 1.54) is 0 Å². The van der Waals surface area contributed by atoms with Crippen LogP contribution in [0.5, 0.6) is 0 Å². The predicted molar refractivity (Wildman–Crippen MR) is 152 cm³/mol. The maximum absolute atomic E-state index is 13.0. The van der Waals surface area contributed by atoms with Crippen LogP contribution in [0, 0.1) is 0 Å². The average Bonchev–Trinajstić information content (AvgIpc) is 2.89. The number of ether oxygens (including phenoxy) is 1. The first kappa shape index (κ1) is 28.1. The summed E-state index contributed by atoms with van der Waals surface area (Å²) < 4.78 is 5.59. The van der Waals surface area contributed by atoms with Crippen molar-refractivity contribution in [1.82, 2.24) is 4.90 Å². The van der Waals surface area contributed by atoms with Gasteiger partial charge in [-0.3, -0.25) is 4.90 Å². The van der Waals surface area contributed by atoms with Gasteiger partial charge in [0.25, 0.3) is 0 Å². The van der Waals surface area contributed by atoms with Gasteiger partial charge in [0.1, 0.15) is 5.60 Å². The van der Waals surface area contributed by atoms with Gasteiger partial charge in [0, 0.05) is 12.6 Å². The van der Waals surface area contributed by atoms with Crippen LogP contribution in [0.4, 0.5) is 0 Å². The molecule has 0 aliphatic carbocycles. The number of hydrogen-bond acceptors (Lipinski definition) is 4. The van der Waals surface area contributed by atoms with Gasteiger partial charge in [-0.05, 0) is 50.8 Å². The largest absolute Gasteiger partial charge is 0.458 e. The fourth-order valence-electron chi connectivity index (χ4n) is 4.18. The molecule has 0 fully saturated rings. The third-order valence-corrected chi connectivity index (χ3v) is 6.06. The Morgan fingerprint density at radius 3 is 2.05 bits per heavy atom. The number of benzene rings is 3. The summed E-state index contributed by atoms with van der Waals surface area (Å²) >= 11 is 0. The highest BCUT2D eigenvalue weighted by molar-refractivity contribution is 5.76. The Morgan fingerprint density at radius 1 is 0.892 bits per heavy atom. The molecule has 0 bridgehead atoms. The number of hydrogen-bond donors (Lipinski definition) is 1. The van der Waals surface area contributed by atoms with Crippen molar-refractivity contribution in [2.75, 3.05) is 0 Å². The molecule has 0 aliphatic heterocycles. The molecule has 4 heteroatoms. The molecule has 4 nitrogen and oxygen atoms in total. The number of aliphatic hydroxyl groups excluding tert-OH is 1. The molecule has 2 unspecified atom stereocenters. The lowest BCUT2D eigenvalue weighted by atomic mass is 9.99. The summed E-state index contributed by atoms with van der Waals surface area (Å²) in [5.74, 6) is -0.625. The third kappa shape index (κ3) is 9.16. The zero-order chi connectivity index (χ0) is 26.7. The van der Waals surface area contributed by atoms with E-state index >= 15 is 0 Å². The molecule has 0 saturated heterocycles. The van der Waals surface area contributed by atoms with Crippen LogP contribution in [0.15, 0.2) is 109 Å². The molecule has 3 atom stereocenters. The molecule has 0 aromatic heterocycles. The standard InChI is InChI=1S/C33H39NO3/c1-26(29-22-14-8-15-23-29)34(25-28-20-12-6-13-21-28)30(31(35)32(36)37-33(2,3)4)24-16-7-11-19-27-17-9-5-10-18-27/h5-6,8-24,26,30-31,35H,7,25H2,1-4H3/b19-11+,24-16+/t26?,30?,31-/m0/s1. The summed E-state index contributed by atoms with van der Waals surface area (Å²) in [7, 11) is 0. The molecule has 194 valence electrons. The van der Waals surface area contributed by atoms with Crippen molar-refractivity contribution < 1.29 is 14.6 Å². The first-order valence-corrected chi connectivity index (χ1v) is 12.9. The molecule has 3 aromatic rings. The van der Waals surface area contributed by atoms with Crippen LogP contribution in [-0.2, 0) is 16.1 Å². The smallest absolute Gasteiger partial charge is 0.337 e.